The highest BCUT2D eigenvalue weighted by Gasteiger charge is 2.14. The van der Waals surface area contributed by atoms with E-state index in [1.54, 1.807) is 30.5 Å². The zero-order valence-corrected chi connectivity index (χ0v) is 21.8. The van der Waals surface area contributed by atoms with Crippen molar-refractivity contribution in [3.8, 4) is 5.75 Å². The average Bonchev–Trinajstić information content (AvgIpc) is 2.92. The van der Waals surface area contributed by atoms with Gasteiger partial charge in [0.25, 0.3) is 11.8 Å². The van der Waals surface area contributed by atoms with E-state index in [1.165, 1.54) is 0 Å². The van der Waals surface area contributed by atoms with Crippen LogP contribution in [-0.2, 0) is 12.0 Å². The molecule has 2 N–H and O–H groups in total. The Hall–Kier alpha value is -4.71. The molecule has 0 unspecified atom stereocenters. The van der Waals surface area contributed by atoms with E-state index in [4.69, 9.17) is 4.74 Å². The number of hydrogen-bond acceptors (Lipinski definition) is 4. The molecular weight excluding hydrogens is 474 g/mol. The number of benzene rings is 4. The van der Waals surface area contributed by atoms with Gasteiger partial charge in [-0.15, -0.1) is 0 Å². The van der Waals surface area contributed by atoms with E-state index in [0.29, 0.717) is 29.2 Å². The van der Waals surface area contributed by atoms with Crippen molar-refractivity contribution in [2.24, 2.45) is 5.10 Å². The molecule has 0 aliphatic carbocycles. The first-order valence-corrected chi connectivity index (χ1v) is 12.4. The highest BCUT2D eigenvalue weighted by atomic mass is 16.5. The van der Waals surface area contributed by atoms with Gasteiger partial charge in [-0.25, -0.2) is 5.43 Å². The van der Waals surface area contributed by atoms with Gasteiger partial charge in [0.05, 0.1) is 6.21 Å². The molecule has 0 saturated carbocycles. The molecule has 0 aliphatic heterocycles. The predicted octanol–water partition coefficient (Wildman–Crippen LogP) is 6.58. The summed E-state index contributed by atoms with van der Waals surface area (Å²) in [5.74, 6) is 0.155. The second kappa shape index (κ2) is 12.0. The molecule has 6 heteroatoms. The largest absolute Gasteiger partial charge is 0.489 e. The summed E-state index contributed by atoms with van der Waals surface area (Å²) < 4.78 is 5.84. The van der Waals surface area contributed by atoms with Crippen LogP contribution in [0.3, 0.4) is 0 Å². The van der Waals surface area contributed by atoms with Gasteiger partial charge in [-0.1, -0.05) is 75.4 Å². The third kappa shape index (κ3) is 7.40. The fourth-order valence-corrected chi connectivity index (χ4v) is 3.69. The smallest absolute Gasteiger partial charge is 0.271 e. The summed E-state index contributed by atoms with van der Waals surface area (Å²) in [6.07, 6.45) is 1.56. The van der Waals surface area contributed by atoms with Gasteiger partial charge in [0.2, 0.25) is 0 Å². The van der Waals surface area contributed by atoms with Crippen LogP contribution in [0.15, 0.2) is 108 Å². The minimum Gasteiger partial charge on any atom is -0.489 e. The van der Waals surface area contributed by atoms with Gasteiger partial charge < -0.3 is 10.1 Å². The number of ether oxygens (including phenoxy) is 1. The van der Waals surface area contributed by atoms with Crippen LogP contribution in [0.2, 0.25) is 0 Å². The first-order chi connectivity index (χ1) is 18.3. The van der Waals surface area contributed by atoms with Crippen molar-refractivity contribution in [1.29, 1.82) is 0 Å². The average molecular weight is 506 g/mol. The highest BCUT2D eigenvalue weighted by Crippen LogP contribution is 2.22. The van der Waals surface area contributed by atoms with Crippen molar-refractivity contribution in [1.82, 2.24) is 5.43 Å². The van der Waals surface area contributed by atoms with Crippen LogP contribution in [0.25, 0.3) is 0 Å². The van der Waals surface area contributed by atoms with Crippen LogP contribution < -0.4 is 15.5 Å². The Morgan fingerprint density at radius 1 is 0.789 bits per heavy atom. The minimum absolute atomic E-state index is 0.0242. The Morgan fingerprint density at radius 2 is 1.45 bits per heavy atom. The van der Waals surface area contributed by atoms with Crippen LogP contribution >= 0.6 is 0 Å². The van der Waals surface area contributed by atoms with Gasteiger partial charge >= 0.3 is 0 Å². The normalized spacial score (nSPS) is 11.2. The van der Waals surface area contributed by atoms with E-state index < -0.39 is 0 Å². The molecule has 0 radical (unpaired) electrons. The van der Waals surface area contributed by atoms with Crippen molar-refractivity contribution in [3.05, 3.63) is 131 Å². The van der Waals surface area contributed by atoms with Gasteiger partial charge in [-0.3, -0.25) is 9.59 Å². The van der Waals surface area contributed by atoms with Crippen molar-refractivity contribution >= 4 is 23.7 Å². The number of rotatable bonds is 8. The monoisotopic (exact) mass is 505 g/mol. The first-order valence-electron chi connectivity index (χ1n) is 12.4. The summed E-state index contributed by atoms with van der Waals surface area (Å²) in [6.45, 7) is 6.86. The molecule has 0 heterocycles. The van der Waals surface area contributed by atoms with Gasteiger partial charge in [0, 0.05) is 16.8 Å². The number of anilines is 1. The maximum absolute atomic E-state index is 12.6. The van der Waals surface area contributed by atoms with E-state index in [0.717, 1.165) is 16.7 Å². The molecule has 38 heavy (non-hydrogen) atoms. The van der Waals surface area contributed by atoms with Gasteiger partial charge in [0.15, 0.2) is 0 Å². The third-order valence-electron chi connectivity index (χ3n) is 5.90. The van der Waals surface area contributed by atoms with Crippen LogP contribution in [0.1, 0.15) is 58.2 Å². The molecule has 0 atom stereocenters. The molecule has 4 rings (SSSR count). The van der Waals surface area contributed by atoms with Crippen molar-refractivity contribution in [2.75, 3.05) is 5.32 Å². The van der Waals surface area contributed by atoms with Gasteiger partial charge in [-0.05, 0) is 70.6 Å². The maximum Gasteiger partial charge on any atom is 0.271 e. The Bertz CT molecular complexity index is 1410. The first kappa shape index (κ1) is 26.4. The fraction of sp³-hybridized carbons (Fsp3) is 0.156. The molecular formula is C32H31N3O3. The Kier molecular flexibility index (Phi) is 8.34. The molecule has 0 saturated heterocycles. The summed E-state index contributed by atoms with van der Waals surface area (Å²) in [7, 11) is 0. The van der Waals surface area contributed by atoms with Crippen LogP contribution in [0, 0.1) is 0 Å². The summed E-state index contributed by atoms with van der Waals surface area (Å²) in [4.78, 5) is 25.1. The number of carbonyl (C=O) groups excluding carboxylic acids is 2. The molecule has 2 amide bonds. The number of nitrogens with zero attached hydrogens (tertiary/aromatic N) is 1. The molecule has 4 aromatic rings. The molecule has 6 nitrogen and oxygen atoms in total. The second-order valence-corrected chi connectivity index (χ2v) is 9.90. The second-order valence-electron chi connectivity index (χ2n) is 9.90. The number of carbonyl (C=O) groups is 2. The molecule has 4 aromatic carbocycles. The van der Waals surface area contributed by atoms with Crippen molar-refractivity contribution in [3.63, 3.8) is 0 Å². The Labute approximate surface area is 223 Å². The minimum atomic E-state index is -0.353. The molecule has 192 valence electrons. The SMILES string of the molecule is CC(C)(C)c1ccc(C(=O)Nc2ccc(C(=O)NN=Cc3cccc(OCc4ccccc4)c3)cc2)cc1. The highest BCUT2D eigenvalue weighted by molar-refractivity contribution is 6.04. The molecule has 0 aromatic heterocycles. The number of nitrogens with one attached hydrogen (secondary N) is 2. The summed E-state index contributed by atoms with van der Waals surface area (Å²) in [6, 6.07) is 31.6. The van der Waals surface area contributed by atoms with E-state index in [2.05, 4.69) is 36.6 Å². The summed E-state index contributed by atoms with van der Waals surface area (Å²) in [5, 5.41) is 6.92. The lowest BCUT2D eigenvalue weighted by atomic mass is 9.87. The van der Waals surface area contributed by atoms with E-state index in [-0.39, 0.29) is 17.2 Å². The third-order valence-corrected chi connectivity index (χ3v) is 5.90. The zero-order chi connectivity index (χ0) is 27.0. The Balaban J connectivity index is 1.29. The Morgan fingerprint density at radius 3 is 2.13 bits per heavy atom. The van der Waals surface area contributed by atoms with E-state index >= 15 is 0 Å². The number of hydrazone groups is 1. The topological polar surface area (TPSA) is 79.8 Å². The predicted molar refractivity (Wildman–Crippen MR) is 152 cm³/mol. The standard InChI is InChI=1S/C32H31N3O3/c1-32(2,3)27-16-12-25(13-17-27)30(36)34-28-18-14-26(15-19-28)31(37)35-33-21-24-10-7-11-29(20-24)38-22-23-8-5-4-6-9-23/h4-21H,22H2,1-3H3,(H,34,36)(H,35,37). The fourth-order valence-electron chi connectivity index (χ4n) is 3.69. The summed E-state index contributed by atoms with van der Waals surface area (Å²) >= 11 is 0. The van der Waals surface area contributed by atoms with Crippen molar-refractivity contribution < 1.29 is 14.3 Å². The lowest BCUT2D eigenvalue weighted by molar-refractivity contribution is 0.0954. The number of hydrogen-bond donors (Lipinski definition) is 2. The molecule has 0 aliphatic rings. The van der Waals surface area contributed by atoms with Crippen LogP contribution in [0.4, 0.5) is 5.69 Å². The van der Waals surface area contributed by atoms with Gasteiger partial charge in [-0.2, -0.15) is 5.10 Å². The molecule has 0 spiro atoms. The lowest BCUT2D eigenvalue weighted by Crippen LogP contribution is -2.18. The van der Waals surface area contributed by atoms with Gasteiger partial charge in [0.1, 0.15) is 12.4 Å². The maximum atomic E-state index is 12.6. The van der Waals surface area contributed by atoms with Crippen molar-refractivity contribution in [2.45, 2.75) is 32.8 Å². The van der Waals surface area contributed by atoms with Crippen LogP contribution in [0.5, 0.6) is 5.75 Å². The van der Waals surface area contributed by atoms with Crippen LogP contribution in [-0.4, -0.2) is 18.0 Å². The quantitative estimate of drug-likeness (QED) is 0.210. The van der Waals surface area contributed by atoms with E-state index in [1.807, 2.05) is 78.9 Å². The zero-order valence-electron chi connectivity index (χ0n) is 21.8. The van der Waals surface area contributed by atoms with E-state index in [9.17, 15) is 9.59 Å². The molecule has 0 bridgehead atoms. The number of amides is 2. The lowest BCUT2D eigenvalue weighted by Gasteiger charge is -2.19. The molecule has 0 fully saturated rings. The summed E-state index contributed by atoms with van der Waals surface area (Å²) in [5.41, 5.74) is 7.19.